The molecule has 1 amide bonds. The third kappa shape index (κ3) is 6.02. The number of benzene rings is 1. The first-order chi connectivity index (χ1) is 11.2. The van der Waals surface area contributed by atoms with E-state index in [0.717, 1.165) is 25.7 Å². The average Bonchev–Trinajstić information content (AvgIpc) is 2.57. The summed E-state index contributed by atoms with van der Waals surface area (Å²) in [5, 5.41) is 12.2. The molecule has 1 heterocycles. The fourth-order valence-electron chi connectivity index (χ4n) is 2.98. The van der Waals surface area contributed by atoms with Crippen LogP contribution in [0.15, 0.2) is 30.3 Å². The quantitative estimate of drug-likeness (QED) is 0.770. The molecule has 23 heavy (non-hydrogen) atoms. The van der Waals surface area contributed by atoms with E-state index in [0.29, 0.717) is 19.6 Å². The lowest BCUT2D eigenvalue weighted by atomic mass is 9.86. The minimum atomic E-state index is -0.832. The van der Waals surface area contributed by atoms with Crippen LogP contribution in [0.2, 0.25) is 0 Å². The van der Waals surface area contributed by atoms with Crippen molar-refractivity contribution in [3.8, 4) is 0 Å². The van der Waals surface area contributed by atoms with Gasteiger partial charge in [0, 0.05) is 26.2 Å². The predicted molar refractivity (Wildman–Crippen MR) is 87.1 cm³/mol. The van der Waals surface area contributed by atoms with E-state index in [-0.39, 0.29) is 18.4 Å². The molecule has 1 aliphatic rings. The molecule has 1 saturated heterocycles. The van der Waals surface area contributed by atoms with Crippen LogP contribution in [-0.4, -0.2) is 36.7 Å². The summed E-state index contributed by atoms with van der Waals surface area (Å²) in [4.78, 5) is 23.3. The summed E-state index contributed by atoms with van der Waals surface area (Å²) in [6, 6.07) is 10.0. The van der Waals surface area contributed by atoms with Crippen molar-refractivity contribution in [1.82, 2.24) is 5.32 Å². The molecule has 5 nitrogen and oxygen atoms in total. The van der Waals surface area contributed by atoms with Crippen molar-refractivity contribution in [1.29, 1.82) is 0 Å². The van der Waals surface area contributed by atoms with Gasteiger partial charge < -0.3 is 15.2 Å². The SMILES string of the molecule is O=C(CCCc1ccccc1)NCC(C(=O)O)C1CCOCC1. The molecular weight excluding hydrogens is 294 g/mol. The molecule has 126 valence electrons. The van der Waals surface area contributed by atoms with E-state index in [1.807, 2.05) is 30.3 Å². The molecule has 1 fully saturated rings. The van der Waals surface area contributed by atoms with Gasteiger partial charge in [0.25, 0.3) is 0 Å². The number of nitrogens with one attached hydrogen (secondary N) is 1. The molecule has 0 radical (unpaired) electrons. The number of carboxylic acid groups (broad SMARTS) is 1. The predicted octanol–water partition coefficient (Wildman–Crippen LogP) is 2.25. The third-order valence-electron chi connectivity index (χ3n) is 4.38. The highest BCUT2D eigenvalue weighted by Gasteiger charge is 2.29. The van der Waals surface area contributed by atoms with Gasteiger partial charge in [-0.1, -0.05) is 30.3 Å². The Morgan fingerprint density at radius 3 is 2.57 bits per heavy atom. The molecule has 1 atom stereocenters. The number of ether oxygens (including phenoxy) is 1. The summed E-state index contributed by atoms with van der Waals surface area (Å²) in [5.74, 6) is -1.33. The Morgan fingerprint density at radius 1 is 1.22 bits per heavy atom. The summed E-state index contributed by atoms with van der Waals surface area (Å²) in [7, 11) is 0. The normalized spacial score (nSPS) is 16.7. The molecule has 2 N–H and O–H groups in total. The first kappa shape index (κ1) is 17.5. The molecule has 1 aliphatic heterocycles. The zero-order chi connectivity index (χ0) is 16.5. The molecule has 5 heteroatoms. The molecule has 1 aromatic rings. The number of aryl methyl sites for hydroxylation is 1. The number of aliphatic carboxylic acids is 1. The van der Waals surface area contributed by atoms with Crippen LogP contribution in [-0.2, 0) is 20.7 Å². The second-order valence-corrected chi connectivity index (χ2v) is 6.04. The smallest absolute Gasteiger partial charge is 0.308 e. The molecule has 1 aromatic carbocycles. The number of hydrogen-bond donors (Lipinski definition) is 2. The zero-order valence-corrected chi connectivity index (χ0v) is 13.4. The highest BCUT2D eigenvalue weighted by Crippen LogP contribution is 2.23. The fourth-order valence-corrected chi connectivity index (χ4v) is 2.98. The zero-order valence-electron chi connectivity index (χ0n) is 13.4. The van der Waals surface area contributed by atoms with Gasteiger partial charge in [0.2, 0.25) is 5.91 Å². The van der Waals surface area contributed by atoms with Gasteiger partial charge in [-0.25, -0.2) is 0 Å². The largest absolute Gasteiger partial charge is 0.481 e. The Bertz CT molecular complexity index is 497. The Labute approximate surface area is 137 Å². The van der Waals surface area contributed by atoms with Crippen molar-refractivity contribution in [2.24, 2.45) is 11.8 Å². The van der Waals surface area contributed by atoms with E-state index in [9.17, 15) is 14.7 Å². The first-order valence-corrected chi connectivity index (χ1v) is 8.28. The Balaban J connectivity index is 1.70. The third-order valence-corrected chi connectivity index (χ3v) is 4.38. The maximum absolute atomic E-state index is 11.9. The molecule has 0 bridgehead atoms. The van der Waals surface area contributed by atoms with Gasteiger partial charge in [-0.2, -0.15) is 0 Å². The molecule has 0 aliphatic carbocycles. The van der Waals surface area contributed by atoms with Crippen molar-refractivity contribution < 1.29 is 19.4 Å². The van der Waals surface area contributed by atoms with E-state index in [1.165, 1.54) is 5.56 Å². The van der Waals surface area contributed by atoms with Gasteiger partial charge >= 0.3 is 5.97 Å². The van der Waals surface area contributed by atoms with Gasteiger partial charge in [-0.05, 0) is 37.2 Å². The topological polar surface area (TPSA) is 75.6 Å². The number of amides is 1. The Morgan fingerprint density at radius 2 is 1.91 bits per heavy atom. The number of carbonyl (C=O) groups is 2. The van der Waals surface area contributed by atoms with E-state index in [4.69, 9.17) is 4.74 Å². The fraction of sp³-hybridized carbons (Fsp3) is 0.556. The van der Waals surface area contributed by atoms with Gasteiger partial charge in [0.1, 0.15) is 0 Å². The van der Waals surface area contributed by atoms with Gasteiger partial charge in [-0.15, -0.1) is 0 Å². The first-order valence-electron chi connectivity index (χ1n) is 8.28. The maximum atomic E-state index is 11.9. The lowest BCUT2D eigenvalue weighted by Gasteiger charge is -2.27. The summed E-state index contributed by atoms with van der Waals surface area (Å²) in [5.41, 5.74) is 1.21. The lowest BCUT2D eigenvalue weighted by molar-refractivity contribution is -0.144. The van der Waals surface area contributed by atoms with E-state index in [2.05, 4.69) is 5.32 Å². The van der Waals surface area contributed by atoms with Crippen LogP contribution in [0.25, 0.3) is 0 Å². The van der Waals surface area contributed by atoms with Crippen LogP contribution < -0.4 is 5.32 Å². The second-order valence-electron chi connectivity index (χ2n) is 6.04. The van der Waals surface area contributed by atoms with E-state index >= 15 is 0 Å². The number of rotatable bonds is 8. The molecule has 1 unspecified atom stereocenters. The maximum Gasteiger partial charge on any atom is 0.308 e. The molecule has 0 saturated carbocycles. The molecule has 0 spiro atoms. The van der Waals surface area contributed by atoms with Gasteiger partial charge in [-0.3, -0.25) is 9.59 Å². The minimum Gasteiger partial charge on any atom is -0.481 e. The molecule has 2 rings (SSSR count). The molecule has 0 aromatic heterocycles. The van der Waals surface area contributed by atoms with Crippen molar-refractivity contribution in [3.63, 3.8) is 0 Å². The van der Waals surface area contributed by atoms with E-state index in [1.54, 1.807) is 0 Å². The average molecular weight is 319 g/mol. The Kier molecular flexibility index (Phi) is 7.07. The van der Waals surface area contributed by atoms with Crippen LogP contribution in [0.5, 0.6) is 0 Å². The summed E-state index contributed by atoms with van der Waals surface area (Å²) in [6.07, 6.45) is 3.55. The number of carboxylic acids is 1. The van der Waals surface area contributed by atoms with Gasteiger partial charge in [0.05, 0.1) is 5.92 Å². The Hall–Kier alpha value is -1.88. The van der Waals surface area contributed by atoms with Crippen LogP contribution in [0, 0.1) is 11.8 Å². The van der Waals surface area contributed by atoms with Crippen LogP contribution in [0.4, 0.5) is 0 Å². The highest BCUT2D eigenvalue weighted by molar-refractivity contribution is 5.77. The van der Waals surface area contributed by atoms with Crippen molar-refractivity contribution in [3.05, 3.63) is 35.9 Å². The van der Waals surface area contributed by atoms with E-state index < -0.39 is 11.9 Å². The number of carbonyl (C=O) groups excluding carboxylic acids is 1. The van der Waals surface area contributed by atoms with Crippen LogP contribution in [0.3, 0.4) is 0 Å². The van der Waals surface area contributed by atoms with Crippen LogP contribution >= 0.6 is 0 Å². The molecular formula is C18H25NO4. The van der Waals surface area contributed by atoms with Crippen molar-refractivity contribution in [2.45, 2.75) is 32.1 Å². The van der Waals surface area contributed by atoms with Gasteiger partial charge in [0.15, 0.2) is 0 Å². The van der Waals surface area contributed by atoms with Crippen molar-refractivity contribution in [2.75, 3.05) is 19.8 Å². The summed E-state index contributed by atoms with van der Waals surface area (Å²) < 4.78 is 5.27. The standard InChI is InChI=1S/C18H25NO4/c20-17(8-4-7-14-5-2-1-3-6-14)19-13-16(18(21)22)15-9-11-23-12-10-15/h1-3,5-6,15-16H,4,7-13H2,(H,19,20)(H,21,22). The number of hydrogen-bond acceptors (Lipinski definition) is 3. The summed E-state index contributed by atoms with van der Waals surface area (Å²) >= 11 is 0. The lowest BCUT2D eigenvalue weighted by Crippen LogP contribution is -2.38. The summed E-state index contributed by atoms with van der Waals surface area (Å²) in [6.45, 7) is 1.43. The second kappa shape index (κ2) is 9.30. The monoisotopic (exact) mass is 319 g/mol. The minimum absolute atomic E-state index is 0.0701. The van der Waals surface area contributed by atoms with Crippen LogP contribution in [0.1, 0.15) is 31.2 Å². The van der Waals surface area contributed by atoms with Crippen molar-refractivity contribution >= 4 is 11.9 Å². The highest BCUT2D eigenvalue weighted by atomic mass is 16.5.